The molecule has 2 aliphatic rings. The molecule has 0 bridgehead atoms. The van der Waals surface area contributed by atoms with Crippen LogP contribution >= 0.6 is 0 Å². The number of piperazine rings is 1. The highest BCUT2D eigenvalue weighted by atomic mass is 16.2. The van der Waals surface area contributed by atoms with Crippen molar-refractivity contribution in [1.82, 2.24) is 19.3 Å². The fourth-order valence-corrected chi connectivity index (χ4v) is 4.93. The van der Waals surface area contributed by atoms with Crippen molar-refractivity contribution in [3.63, 3.8) is 0 Å². The normalized spacial score (nSPS) is 25.4. The van der Waals surface area contributed by atoms with Gasteiger partial charge in [-0.15, -0.1) is 0 Å². The van der Waals surface area contributed by atoms with Gasteiger partial charge in [-0.1, -0.05) is 6.07 Å². The van der Waals surface area contributed by atoms with Crippen molar-refractivity contribution >= 4 is 16.8 Å². The van der Waals surface area contributed by atoms with Gasteiger partial charge in [0.2, 0.25) is 5.91 Å². The smallest absolute Gasteiger partial charge is 0.222 e. The zero-order valence-electron chi connectivity index (χ0n) is 16.9. The van der Waals surface area contributed by atoms with E-state index in [1.807, 2.05) is 4.90 Å². The molecule has 0 saturated carbocycles. The molecule has 5 heteroatoms. The van der Waals surface area contributed by atoms with Gasteiger partial charge >= 0.3 is 0 Å². The summed E-state index contributed by atoms with van der Waals surface area (Å²) in [6.07, 6.45) is 4.87. The number of carbonyl (C=O) groups excluding carboxylic acids is 1. The van der Waals surface area contributed by atoms with Crippen LogP contribution in [0.1, 0.15) is 31.7 Å². The number of benzene rings is 1. The Morgan fingerprint density at radius 3 is 2.74 bits per heavy atom. The van der Waals surface area contributed by atoms with Crippen molar-refractivity contribution in [3.05, 3.63) is 36.0 Å². The highest BCUT2D eigenvalue weighted by molar-refractivity contribution is 5.80. The first kappa shape index (κ1) is 18.5. The summed E-state index contributed by atoms with van der Waals surface area (Å²) in [5.41, 5.74) is 2.80. The van der Waals surface area contributed by atoms with Gasteiger partial charge in [0.15, 0.2) is 0 Å². The molecule has 1 spiro atoms. The summed E-state index contributed by atoms with van der Waals surface area (Å²) in [6.45, 7) is 8.03. The number of amides is 1. The average molecular weight is 369 g/mol. The number of carbonyl (C=O) groups is 1. The maximum Gasteiger partial charge on any atom is 0.222 e. The topological polar surface area (TPSA) is 31.7 Å². The number of nitrogens with zero attached hydrogens (tertiary/aromatic N) is 4. The number of rotatable bonds is 3. The Bertz CT molecular complexity index is 829. The third-order valence-electron chi connectivity index (χ3n) is 6.82. The zero-order chi connectivity index (χ0) is 19.0. The molecule has 1 atom stereocenters. The predicted molar refractivity (Wildman–Crippen MR) is 110 cm³/mol. The molecule has 0 N–H and O–H groups in total. The lowest BCUT2D eigenvalue weighted by Gasteiger charge is -2.49. The molecule has 27 heavy (non-hydrogen) atoms. The van der Waals surface area contributed by atoms with Crippen molar-refractivity contribution in [1.29, 1.82) is 0 Å². The van der Waals surface area contributed by atoms with E-state index >= 15 is 0 Å². The van der Waals surface area contributed by atoms with Gasteiger partial charge in [-0.3, -0.25) is 14.6 Å². The maximum atomic E-state index is 12.4. The van der Waals surface area contributed by atoms with Gasteiger partial charge in [-0.05, 0) is 56.0 Å². The molecular formula is C22H32N4O. The molecule has 5 nitrogen and oxygen atoms in total. The van der Waals surface area contributed by atoms with Crippen molar-refractivity contribution in [2.24, 2.45) is 7.05 Å². The van der Waals surface area contributed by atoms with Gasteiger partial charge in [0.05, 0.1) is 0 Å². The van der Waals surface area contributed by atoms with Crippen LogP contribution in [0.4, 0.5) is 0 Å². The molecule has 1 unspecified atom stereocenters. The predicted octanol–water partition coefficient (Wildman–Crippen LogP) is 2.70. The summed E-state index contributed by atoms with van der Waals surface area (Å²) >= 11 is 0. The number of fused-ring (bicyclic) bond motifs is 1. The highest BCUT2D eigenvalue weighted by Gasteiger charge is 2.41. The molecule has 3 heterocycles. The first-order chi connectivity index (χ1) is 13.0. The Morgan fingerprint density at radius 1 is 1.07 bits per heavy atom. The van der Waals surface area contributed by atoms with E-state index in [9.17, 15) is 4.79 Å². The molecule has 2 aromatic rings. The molecule has 2 fully saturated rings. The van der Waals surface area contributed by atoms with Crippen molar-refractivity contribution < 1.29 is 4.79 Å². The summed E-state index contributed by atoms with van der Waals surface area (Å²) in [7, 11) is 4.35. The Balaban J connectivity index is 1.50. The van der Waals surface area contributed by atoms with E-state index in [0.717, 1.165) is 52.1 Å². The lowest BCUT2D eigenvalue weighted by Crippen LogP contribution is -2.60. The Hall–Kier alpha value is -1.85. The number of hydrogen-bond acceptors (Lipinski definition) is 3. The minimum atomic E-state index is 0.134. The average Bonchev–Trinajstić information content (AvgIpc) is 2.95. The molecule has 1 aromatic heterocycles. The second kappa shape index (κ2) is 7.28. The van der Waals surface area contributed by atoms with Crippen LogP contribution in [0, 0.1) is 0 Å². The summed E-state index contributed by atoms with van der Waals surface area (Å²) in [5, 5.41) is 1.32. The molecule has 2 saturated heterocycles. The van der Waals surface area contributed by atoms with E-state index in [0.29, 0.717) is 12.3 Å². The van der Waals surface area contributed by atoms with Crippen molar-refractivity contribution in [2.45, 2.75) is 38.3 Å². The summed E-state index contributed by atoms with van der Waals surface area (Å²) in [6, 6.07) is 9.03. The lowest BCUT2D eigenvalue weighted by atomic mass is 9.86. The SMILES string of the molecule is CCN1CCC2(CCC1=O)CN(Cc1ccc3c(ccn3C)c1)CCN2C. The van der Waals surface area contributed by atoms with Crippen LogP contribution in [0.3, 0.4) is 0 Å². The fourth-order valence-electron chi connectivity index (χ4n) is 4.93. The van der Waals surface area contributed by atoms with Crippen molar-refractivity contribution in [2.75, 3.05) is 39.8 Å². The molecular weight excluding hydrogens is 336 g/mol. The molecule has 0 aliphatic carbocycles. The first-order valence-electron chi connectivity index (χ1n) is 10.3. The fraction of sp³-hybridized carbons (Fsp3) is 0.591. The van der Waals surface area contributed by atoms with Gasteiger partial charge in [0, 0.05) is 70.0 Å². The van der Waals surface area contributed by atoms with Gasteiger partial charge in [0.25, 0.3) is 0 Å². The van der Waals surface area contributed by atoms with Gasteiger partial charge < -0.3 is 9.47 Å². The van der Waals surface area contributed by atoms with Crippen LogP contribution < -0.4 is 0 Å². The van der Waals surface area contributed by atoms with Gasteiger partial charge in [-0.25, -0.2) is 0 Å². The quantitative estimate of drug-likeness (QED) is 0.835. The molecule has 4 rings (SSSR count). The summed E-state index contributed by atoms with van der Waals surface area (Å²) in [4.78, 5) is 19.5. The summed E-state index contributed by atoms with van der Waals surface area (Å²) in [5.74, 6) is 0.328. The molecule has 1 amide bonds. The third-order valence-corrected chi connectivity index (χ3v) is 6.82. The van der Waals surface area contributed by atoms with Gasteiger partial charge in [-0.2, -0.15) is 0 Å². The van der Waals surface area contributed by atoms with Crippen LogP contribution in [0.15, 0.2) is 30.5 Å². The van der Waals surface area contributed by atoms with E-state index in [4.69, 9.17) is 0 Å². The molecule has 1 aromatic carbocycles. The second-order valence-electron chi connectivity index (χ2n) is 8.40. The van der Waals surface area contributed by atoms with E-state index in [-0.39, 0.29) is 5.54 Å². The molecule has 2 aliphatic heterocycles. The van der Waals surface area contributed by atoms with Crippen LogP contribution in [0.5, 0.6) is 0 Å². The number of hydrogen-bond donors (Lipinski definition) is 0. The Morgan fingerprint density at radius 2 is 1.93 bits per heavy atom. The number of aryl methyl sites for hydroxylation is 1. The zero-order valence-corrected chi connectivity index (χ0v) is 16.9. The first-order valence-corrected chi connectivity index (χ1v) is 10.3. The minimum absolute atomic E-state index is 0.134. The van der Waals surface area contributed by atoms with E-state index < -0.39 is 0 Å². The van der Waals surface area contributed by atoms with Crippen LogP contribution in [0.25, 0.3) is 10.9 Å². The monoisotopic (exact) mass is 368 g/mol. The van der Waals surface area contributed by atoms with E-state index in [2.05, 4.69) is 65.8 Å². The second-order valence-corrected chi connectivity index (χ2v) is 8.40. The highest BCUT2D eigenvalue weighted by Crippen LogP contribution is 2.32. The third kappa shape index (κ3) is 3.50. The Kier molecular flexibility index (Phi) is 4.99. The van der Waals surface area contributed by atoms with Crippen LogP contribution in [-0.4, -0.2) is 70.5 Å². The van der Waals surface area contributed by atoms with E-state index in [1.165, 1.54) is 16.5 Å². The van der Waals surface area contributed by atoms with Crippen LogP contribution in [0.2, 0.25) is 0 Å². The number of aromatic nitrogens is 1. The van der Waals surface area contributed by atoms with Gasteiger partial charge in [0.1, 0.15) is 0 Å². The molecule has 0 radical (unpaired) electrons. The van der Waals surface area contributed by atoms with Crippen LogP contribution in [-0.2, 0) is 18.4 Å². The largest absolute Gasteiger partial charge is 0.351 e. The van der Waals surface area contributed by atoms with E-state index in [1.54, 1.807) is 0 Å². The lowest BCUT2D eigenvalue weighted by molar-refractivity contribution is -0.130. The standard InChI is InChI=1S/C22H32N4O/c1-4-26-12-10-22(9-7-21(26)27)17-25(14-13-24(22)3)16-18-5-6-20-19(15-18)8-11-23(20)2/h5-6,8,11,15H,4,7,9-10,12-14,16-17H2,1-3H3. The molecule has 146 valence electrons. The Labute approximate surface area is 162 Å². The summed E-state index contributed by atoms with van der Waals surface area (Å²) < 4.78 is 2.17. The number of likely N-dealkylation sites (tertiary alicyclic amines) is 1. The minimum Gasteiger partial charge on any atom is -0.351 e. The number of likely N-dealkylation sites (N-methyl/N-ethyl adjacent to an activating group) is 1. The van der Waals surface area contributed by atoms with Crippen molar-refractivity contribution in [3.8, 4) is 0 Å². The maximum absolute atomic E-state index is 12.4.